The summed E-state index contributed by atoms with van der Waals surface area (Å²) in [6.07, 6.45) is -4.70. The molecule has 0 bridgehead atoms. The van der Waals surface area contributed by atoms with Gasteiger partial charge in [0.15, 0.2) is 0 Å². The number of aromatic nitrogens is 2. The molecule has 0 radical (unpaired) electrons. The number of benzene rings is 6. The predicted molar refractivity (Wildman–Crippen MR) is 194 cm³/mol. The van der Waals surface area contributed by atoms with E-state index in [2.05, 4.69) is 30.3 Å². The minimum atomic E-state index is -4.70. The van der Waals surface area contributed by atoms with Gasteiger partial charge in [0, 0.05) is 21.5 Å². The summed E-state index contributed by atoms with van der Waals surface area (Å²) >= 11 is 0. The molecule has 8 nitrogen and oxygen atoms in total. The Labute approximate surface area is 304 Å². The maximum Gasteiger partial charge on any atom is 0.416 e. The molecule has 0 unspecified atom stereocenters. The number of hydrogen-bond acceptors (Lipinski definition) is 6. The van der Waals surface area contributed by atoms with E-state index in [-0.39, 0.29) is 16.7 Å². The van der Waals surface area contributed by atoms with Crippen molar-refractivity contribution in [2.75, 3.05) is 0 Å². The molecule has 250 valence electrons. The molecule has 0 aliphatic carbocycles. The highest BCUT2D eigenvalue weighted by Crippen LogP contribution is 2.42. The van der Waals surface area contributed by atoms with Gasteiger partial charge in [0.2, 0.25) is 0 Å². The van der Waals surface area contributed by atoms with E-state index in [1.54, 1.807) is 94.1 Å². The molecule has 0 atom stereocenters. The van der Waals surface area contributed by atoms with E-state index in [9.17, 15) is 44.7 Å². The third-order valence-electron chi connectivity index (χ3n) is 9.52. The second-order valence-electron chi connectivity index (χ2n) is 12.4. The van der Waals surface area contributed by atoms with Crippen LogP contribution in [-0.4, -0.2) is 9.13 Å². The van der Waals surface area contributed by atoms with Crippen molar-refractivity contribution in [2.24, 2.45) is 0 Å². The van der Waals surface area contributed by atoms with Crippen molar-refractivity contribution in [3.05, 3.63) is 142 Å². The van der Waals surface area contributed by atoms with Crippen molar-refractivity contribution < 1.29 is 13.2 Å². The van der Waals surface area contributed by atoms with Gasteiger partial charge >= 0.3 is 6.18 Å². The van der Waals surface area contributed by atoms with Crippen molar-refractivity contribution in [2.45, 2.75) is 6.18 Å². The second-order valence-corrected chi connectivity index (χ2v) is 12.4. The lowest BCUT2D eigenvalue weighted by atomic mass is 9.95. The number of hydrogen-bond donors (Lipinski definition) is 0. The highest BCUT2D eigenvalue weighted by Gasteiger charge is 2.31. The van der Waals surface area contributed by atoms with Gasteiger partial charge in [-0.15, -0.1) is 0 Å². The van der Waals surface area contributed by atoms with E-state index in [1.165, 1.54) is 6.07 Å². The fourth-order valence-corrected chi connectivity index (χ4v) is 7.14. The standard InChI is InChI=1S/C43H17F3N8/c44-43(45,46)30-5-6-31(29(15-30)22-51)28-16-41(53-37-7-1-24(18-47)11-32(37)33-12-25(19-48)2-8-38(33)53)36(23-52)42(17-28)54-39-9-3-26(20-49)13-34(39)35-14-27(21-50)4-10-40(35)54/h1-17H. The summed E-state index contributed by atoms with van der Waals surface area (Å²) in [7, 11) is 0. The molecular formula is C43H17F3N8. The van der Waals surface area contributed by atoms with Crippen molar-refractivity contribution in [1.82, 2.24) is 9.13 Å². The van der Waals surface area contributed by atoms with Crippen LogP contribution in [0.25, 0.3) is 66.1 Å². The quantitative estimate of drug-likeness (QED) is 0.179. The van der Waals surface area contributed by atoms with E-state index in [1.807, 2.05) is 6.07 Å². The van der Waals surface area contributed by atoms with Crippen LogP contribution >= 0.6 is 0 Å². The summed E-state index contributed by atoms with van der Waals surface area (Å²) in [5, 5.41) is 62.7. The SMILES string of the molecule is N#Cc1ccc2c(c1)c1cc(C#N)ccc1n2-c1cc(-c2ccc(C(F)(F)F)cc2C#N)cc(-n2c3ccc(C#N)cc3c3cc(C#N)ccc32)c1C#N. The topological polar surface area (TPSA) is 153 Å². The first-order valence-electron chi connectivity index (χ1n) is 16.1. The molecule has 2 aromatic heterocycles. The first-order chi connectivity index (χ1) is 26.1. The van der Waals surface area contributed by atoms with Crippen LogP contribution in [0.15, 0.2) is 103 Å². The highest BCUT2D eigenvalue weighted by molar-refractivity contribution is 6.12. The summed E-state index contributed by atoms with van der Waals surface area (Å²) in [5.74, 6) is 0. The van der Waals surface area contributed by atoms with Crippen LogP contribution in [0.5, 0.6) is 0 Å². The molecule has 0 saturated carbocycles. The Hall–Kier alpha value is -8.35. The maximum atomic E-state index is 13.8. The molecule has 0 spiro atoms. The molecule has 6 aromatic carbocycles. The molecule has 0 saturated heterocycles. The highest BCUT2D eigenvalue weighted by atomic mass is 19.4. The molecular weight excluding hydrogens is 686 g/mol. The predicted octanol–water partition coefficient (Wildman–Crippen LogP) is 9.80. The molecule has 0 aliphatic rings. The van der Waals surface area contributed by atoms with Crippen molar-refractivity contribution in [1.29, 1.82) is 31.6 Å². The summed E-state index contributed by atoms with van der Waals surface area (Å²) in [6, 6.07) is 39.1. The Balaban J connectivity index is 1.57. The Morgan fingerprint density at radius 1 is 0.426 bits per heavy atom. The van der Waals surface area contributed by atoms with Crippen LogP contribution < -0.4 is 0 Å². The molecule has 0 N–H and O–H groups in total. The van der Waals surface area contributed by atoms with E-state index in [0.29, 0.717) is 82.8 Å². The Morgan fingerprint density at radius 3 is 1.13 bits per heavy atom. The lowest BCUT2D eigenvalue weighted by Gasteiger charge is -2.19. The summed E-state index contributed by atoms with van der Waals surface area (Å²) in [4.78, 5) is 0. The number of nitriles is 6. The van der Waals surface area contributed by atoms with Crippen molar-refractivity contribution in [3.8, 4) is 58.9 Å². The van der Waals surface area contributed by atoms with E-state index >= 15 is 0 Å². The maximum absolute atomic E-state index is 13.8. The largest absolute Gasteiger partial charge is 0.416 e. The molecule has 11 heteroatoms. The lowest BCUT2D eigenvalue weighted by Crippen LogP contribution is -2.07. The van der Waals surface area contributed by atoms with Gasteiger partial charge in [-0.1, -0.05) is 6.07 Å². The smallest absolute Gasteiger partial charge is 0.308 e. The minimum Gasteiger partial charge on any atom is -0.308 e. The lowest BCUT2D eigenvalue weighted by molar-refractivity contribution is -0.137. The fourth-order valence-electron chi connectivity index (χ4n) is 7.14. The first kappa shape index (κ1) is 32.8. The Bertz CT molecular complexity index is 2920. The van der Waals surface area contributed by atoms with Crippen LogP contribution in [0.3, 0.4) is 0 Å². The van der Waals surface area contributed by atoms with Gasteiger partial charge in [-0.2, -0.15) is 44.7 Å². The van der Waals surface area contributed by atoms with Crippen LogP contribution in [0.1, 0.15) is 38.9 Å². The fraction of sp³-hybridized carbons (Fsp3) is 0.0233. The number of rotatable bonds is 3. The molecule has 2 heterocycles. The van der Waals surface area contributed by atoms with E-state index in [0.717, 1.165) is 12.1 Å². The molecule has 8 rings (SSSR count). The van der Waals surface area contributed by atoms with Gasteiger partial charge in [0.25, 0.3) is 0 Å². The van der Waals surface area contributed by atoms with Crippen LogP contribution in [-0.2, 0) is 6.18 Å². The third kappa shape index (κ3) is 4.95. The van der Waals surface area contributed by atoms with Crippen LogP contribution in [0.4, 0.5) is 13.2 Å². The molecule has 0 fully saturated rings. The zero-order valence-corrected chi connectivity index (χ0v) is 27.5. The van der Waals surface area contributed by atoms with Gasteiger partial charge in [0.05, 0.1) is 97.2 Å². The van der Waals surface area contributed by atoms with Crippen molar-refractivity contribution in [3.63, 3.8) is 0 Å². The second kappa shape index (κ2) is 12.2. The Morgan fingerprint density at radius 2 is 0.815 bits per heavy atom. The normalized spacial score (nSPS) is 11.1. The molecule has 0 amide bonds. The van der Waals surface area contributed by atoms with E-state index in [4.69, 9.17) is 0 Å². The van der Waals surface area contributed by atoms with Gasteiger partial charge in [-0.3, -0.25) is 0 Å². The van der Waals surface area contributed by atoms with Gasteiger partial charge in [-0.25, -0.2) is 0 Å². The summed E-state index contributed by atoms with van der Waals surface area (Å²) in [5.41, 5.74) is 3.76. The van der Waals surface area contributed by atoms with Crippen LogP contribution in [0, 0.1) is 68.0 Å². The summed E-state index contributed by atoms with van der Waals surface area (Å²) in [6.45, 7) is 0. The van der Waals surface area contributed by atoms with Crippen LogP contribution in [0.2, 0.25) is 0 Å². The minimum absolute atomic E-state index is 0.143. The average Bonchev–Trinajstić information content (AvgIpc) is 3.70. The average molecular weight is 703 g/mol. The number of alkyl halides is 3. The summed E-state index contributed by atoms with van der Waals surface area (Å²) < 4.78 is 45.0. The number of halogens is 3. The molecule has 0 aliphatic heterocycles. The van der Waals surface area contributed by atoms with Gasteiger partial charge < -0.3 is 9.13 Å². The number of nitrogens with zero attached hydrogens (tertiary/aromatic N) is 8. The monoisotopic (exact) mass is 702 g/mol. The first-order valence-corrected chi connectivity index (χ1v) is 16.1. The number of fused-ring (bicyclic) bond motifs is 6. The molecule has 54 heavy (non-hydrogen) atoms. The Kier molecular flexibility index (Phi) is 7.39. The zero-order chi connectivity index (χ0) is 37.9. The third-order valence-corrected chi connectivity index (χ3v) is 9.52. The van der Waals surface area contributed by atoms with Gasteiger partial charge in [0.1, 0.15) is 11.6 Å². The zero-order valence-electron chi connectivity index (χ0n) is 27.5. The van der Waals surface area contributed by atoms with Crippen molar-refractivity contribution >= 4 is 43.6 Å². The van der Waals surface area contributed by atoms with Gasteiger partial charge in [-0.05, 0) is 108 Å². The molecule has 8 aromatic rings. The van der Waals surface area contributed by atoms with E-state index < -0.39 is 11.7 Å².